The van der Waals surface area contributed by atoms with Crippen molar-refractivity contribution in [1.29, 1.82) is 0 Å². The normalized spacial score (nSPS) is 15.8. The molecule has 0 aliphatic carbocycles. The Hall–Kier alpha value is -2.11. The van der Waals surface area contributed by atoms with Crippen LogP contribution in [0.4, 0.5) is 4.39 Å². The molecule has 0 bridgehead atoms. The molecule has 0 N–H and O–H groups in total. The Labute approximate surface area is 173 Å². The number of benzene rings is 1. The summed E-state index contributed by atoms with van der Waals surface area (Å²) in [6.07, 6.45) is 0.329. The molecule has 0 aliphatic heterocycles. The Morgan fingerprint density at radius 3 is 2.28 bits per heavy atom. The molecule has 0 radical (unpaired) electrons. The second-order valence-electron chi connectivity index (χ2n) is 8.63. The van der Waals surface area contributed by atoms with Crippen molar-refractivity contribution in [3.05, 3.63) is 29.6 Å². The SMILES string of the molecule is CCC(C)[C@H](c1ccc(F)cc1OC)[C@H](C)OC(=O)[C@H](C)CC(=O)OC(C)(C)C. The summed E-state index contributed by atoms with van der Waals surface area (Å²) in [4.78, 5) is 24.6. The van der Waals surface area contributed by atoms with Gasteiger partial charge in [-0.05, 0) is 39.7 Å². The smallest absolute Gasteiger partial charge is 0.309 e. The van der Waals surface area contributed by atoms with Gasteiger partial charge in [0.2, 0.25) is 0 Å². The fourth-order valence-electron chi connectivity index (χ4n) is 3.33. The predicted molar refractivity (Wildman–Crippen MR) is 110 cm³/mol. The molecule has 0 aliphatic rings. The van der Waals surface area contributed by atoms with Crippen molar-refractivity contribution >= 4 is 11.9 Å². The zero-order valence-electron chi connectivity index (χ0n) is 18.9. The summed E-state index contributed by atoms with van der Waals surface area (Å²) in [6.45, 7) is 12.9. The Kier molecular flexibility index (Phi) is 9.12. The molecular weight excluding hydrogens is 375 g/mol. The van der Waals surface area contributed by atoms with Crippen molar-refractivity contribution in [3.63, 3.8) is 0 Å². The van der Waals surface area contributed by atoms with E-state index in [0.717, 1.165) is 12.0 Å². The van der Waals surface area contributed by atoms with E-state index in [1.54, 1.807) is 33.8 Å². The molecule has 0 amide bonds. The Balaban J connectivity index is 2.95. The minimum absolute atomic E-state index is 0.0449. The van der Waals surface area contributed by atoms with Gasteiger partial charge in [-0.15, -0.1) is 0 Å². The van der Waals surface area contributed by atoms with Gasteiger partial charge in [0.1, 0.15) is 23.3 Å². The number of rotatable bonds is 9. The van der Waals surface area contributed by atoms with Crippen LogP contribution < -0.4 is 4.74 Å². The number of halogens is 1. The van der Waals surface area contributed by atoms with Crippen LogP contribution in [0.3, 0.4) is 0 Å². The van der Waals surface area contributed by atoms with Crippen LogP contribution in [0.5, 0.6) is 5.75 Å². The van der Waals surface area contributed by atoms with Gasteiger partial charge in [0.15, 0.2) is 0 Å². The zero-order valence-corrected chi connectivity index (χ0v) is 18.9. The predicted octanol–water partition coefficient (Wildman–Crippen LogP) is 5.26. The van der Waals surface area contributed by atoms with E-state index in [4.69, 9.17) is 14.2 Å². The van der Waals surface area contributed by atoms with Crippen molar-refractivity contribution in [3.8, 4) is 5.75 Å². The first-order valence-electron chi connectivity index (χ1n) is 10.1. The van der Waals surface area contributed by atoms with Gasteiger partial charge in [0, 0.05) is 17.5 Å². The largest absolute Gasteiger partial charge is 0.496 e. The number of hydrogen-bond donors (Lipinski definition) is 0. The van der Waals surface area contributed by atoms with Crippen LogP contribution in [0.15, 0.2) is 18.2 Å². The molecule has 0 heterocycles. The summed E-state index contributed by atoms with van der Waals surface area (Å²) in [5, 5.41) is 0. The van der Waals surface area contributed by atoms with Gasteiger partial charge in [-0.3, -0.25) is 9.59 Å². The maximum atomic E-state index is 13.6. The Morgan fingerprint density at radius 1 is 1.14 bits per heavy atom. The molecule has 0 fully saturated rings. The van der Waals surface area contributed by atoms with Gasteiger partial charge in [-0.1, -0.05) is 33.3 Å². The third-order valence-electron chi connectivity index (χ3n) is 4.91. The van der Waals surface area contributed by atoms with E-state index in [9.17, 15) is 14.0 Å². The van der Waals surface area contributed by atoms with Crippen LogP contribution in [0.2, 0.25) is 0 Å². The quantitative estimate of drug-likeness (QED) is 0.520. The lowest BCUT2D eigenvalue weighted by molar-refractivity contribution is -0.163. The lowest BCUT2D eigenvalue weighted by Gasteiger charge is -2.31. The lowest BCUT2D eigenvalue weighted by atomic mass is 9.81. The lowest BCUT2D eigenvalue weighted by Crippen LogP contribution is -2.31. The van der Waals surface area contributed by atoms with Gasteiger partial charge in [0.25, 0.3) is 0 Å². The van der Waals surface area contributed by atoms with Crippen LogP contribution in [-0.2, 0) is 19.1 Å². The highest BCUT2D eigenvalue weighted by Crippen LogP contribution is 2.37. The van der Waals surface area contributed by atoms with Crippen LogP contribution in [-0.4, -0.2) is 30.8 Å². The highest BCUT2D eigenvalue weighted by molar-refractivity contribution is 5.80. The zero-order chi connectivity index (χ0) is 22.4. The average molecular weight is 411 g/mol. The molecule has 164 valence electrons. The molecule has 6 heteroatoms. The van der Waals surface area contributed by atoms with Crippen LogP contribution >= 0.6 is 0 Å². The monoisotopic (exact) mass is 410 g/mol. The molecule has 4 atom stereocenters. The number of hydrogen-bond acceptors (Lipinski definition) is 5. The summed E-state index contributed by atoms with van der Waals surface area (Å²) in [5.41, 5.74) is 0.192. The van der Waals surface area contributed by atoms with Crippen LogP contribution in [0.25, 0.3) is 0 Å². The first-order chi connectivity index (χ1) is 13.4. The highest BCUT2D eigenvalue weighted by atomic mass is 19.1. The van der Waals surface area contributed by atoms with Gasteiger partial charge in [-0.25, -0.2) is 4.39 Å². The summed E-state index contributed by atoms with van der Waals surface area (Å²) in [7, 11) is 1.49. The van der Waals surface area contributed by atoms with Crippen LogP contribution in [0, 0.1) is 17.7 Å². The van der Waals surface area contributed by atoms with Gasteiger partial charge in [0.05, 0.1) is 19.4 Å². The van der Waals surface area contributed by atoms with Crippen molar-refractivity contribution in [2.24, 2.45) is 11.8 Å². The topological polar surface area (TPSA) is 61.8 Å². The highest BCUT2D eigenvalue weighted by Gasteiger charge is 2.32. The molecule has 1 aromatic carbocycles. The van der Waals surface area contributed by atoms with E-state index in [1.807, 2.05) is 13.8 Å². The van der Waals surface area contributed by atoms with E-state index in [2.05, 4.69) is 6.92 Å². The van der Waals surface area contributed by atoms with Crippen molar-refractivity contribution < 1.29 is 28.2 Å². The van der Waals surface area contributed by atoms with Gasteiger partial charge < -0.3 is 14.2 Å². The van der Waals surface area contributed by atoms with E-state index < -0.39 is 29.6 Å². The van der Waals surface area contributed by atoms with E-state index in [1.165, 1.54) is 19.2 Å². The minimum atomic E-state index is -0.625. The maximum absolute atomic E-state index is 13.6. The van der Waals surface area contributed by atoms with E-state index in [-0.39, 0.29) is 24.1 Å². The molecule has 29 heavy (non-hydrogen) atoms. The minimum Gasteiger partial charge on any atom is -0.496 e. The van der Waals surface area contributed by atoms with Gasteiger partial charge in [-0.2, -0.15) is 0 Å². The summed E-state index contributed by atoms with van der Waals surface area (Å²) < 4.78 is 30.0. The molecule has 1 unspecified atom stereocenters. The second kappa shape index (κ2) is 10.6. The first-order valence-corrected chi connectivity index (χ1v) is 10.1. The fraction of sp³-hybridized carbons (Fsp3) is 0.652. The number of methoxy groups -OCH3 is 1. The third-order valence-corrected chi connectivity index (χ3v) is 4.91. The number of carbonyl (C=O) groups is 2. The number of carbonyl (C=O) groups excluding carboxylic acids is 2. The summed E-state index contributed by atoms with van der Waals surface area (Å²) in [5.74, 6) is -1.48. The molecule has 0 aromatic heterocycles. The van der Waals surface area contributed by atoms with Crippen molar-refractivity contribution in [2.75, 3.05) is 7.11 Å². The Bertz CT molecular complexity index is 695. The van der Waals surface area contributed by atoms with Crippen molar-refractivity contribution in [1.82, 2.24) is 0 Å². The fourth-order valence-corrected chi connectivity index (χ4v) is 3.33. The van der Waals surface area contributed by atoms with E-state index >= 15 is 0 Å². The summed E-state index contributed by atoms with van der Waals surface area (Å²) in [6, 6.07) is 4.40. The van der Waals surface area contributed by atoms with Crippen molar-refractivity contribution in [2.45, 2.75) is 78.9 Å². The number of ether oxygens (including phenoxy) is 3. The van der Waals surface area contributed by atoms with Crippen LogP contribution in [0.1, 0.15) is 72.8 Å². The molecular formula is C23H35FO5. The Morgan fingerprint density at radius 2 is 1.76 bits per heavy atom. The first kappa shape index (κ1) is 24.9. The van der Waals surface area contributed by atoms with E-state index in [0.29, 0.717) is 5.75 Å². The maximum Gasteiger partial charge on any atom is 0.309 e. The molecule has 1 aromatic rings. The van der Waals surface area contributed by atoms with Gasteiger partial charge >= 0.3 is 11.9 Å². The number of esters is 2. The average Bonchev–Trinajstić information content (AvgIpc) is 2.60. The summed E-state index contributed by atoms with van der Waals surface area (Å²) >= 11 is 0. The standard InChI is InChI=1S/C23H35FO5/c1-9-14(2)21(18-11-10-17(24)13-19(18)27-8)16(4)28-22(26)15(3)12-20(25)29-23(5,6)7/h10-11,13-16,21H,9,12H2,1-8H3/t14?,15-,16+,21+/m1/s1. The third kappa shape index (κ3) is 7.67. The molecule has 5 nitrogen and oxygen atoms in total. The second-order valence-corrected chi connectivity index (χ2v) is 8.63. The molecule has 0 spiro atoms. The molecule has 0 saturated heterocycles. The molecule has 0 saturated carbocycles. The molecule has 1 rings (SSSR count).